The number of phenolic OH excluding ortho intramolecular Hbond substituents is 2. The summed E-state index contributed by atoms with van der Waals surface area (Å²) in [4.78, 5) is 18.9. The van der Waals surface area contributed by atoms with E-state index in [1.54, 1.807) is 24.3 Å². The lowest BCUT2D eigenvalue weighted by molar-refractivity contribution is 0.476. The largest absolute Gasteiger partial charge is 0.507 e. The maximum Gasteiger partial charge on any atom is 0.223 e. The Morgan fingerprint density at radius 2 is 0.814 bits per heavy atom. The number of para-hydroxylation sites is 2. The van der Waals surface area contributed by atoms with Gasteiger partial charge in [-0.1, -0.05) is 84.9 Å². The minimum Gasteiger partial charge on any atom is -0.507 e. The molecule has 0 atom stereocenters. The van der Waals surface area contributed by atoms with Crippen LogP contribution in [0.1, 0.15) is 6.42 Å². The first kappa shape index (κ1) is 27.4. The molecule has 4 N–H and O–H groups in total. The van der Waals surface area contributed by atoms with Gasteiger partial charge in [-0.2, -0.15) is 0 Å². The van der Waals surface area contributed by atoms with Gasteiger partial charge in [-0.05, 0) is 42.8 Å². The Hall–Kier alpha value is -5.76. The van der Waals surface area contributed by atoms with Crippen LogP contribution in [-0.2, 0) is 0 Å². The third-order valence-corrected chi connectivity index (χ3v) is 6.87. The molecule has 0 bridgehead atoms. The molecule has 6 aromatic rings. The van der Waals surface area contributed by atoms with Gasteiger partial charge in [0.05, 0.1) is 22.8 Å². The highest BCUT2D eigenvalue weighted by Crippen LogP contribution is 2.32. The van der Waals surface area contributed by atoms with Crippen molar-refractivity contribution in [2.24, 2.45) is 0 Å². The standard InChI is InChI=1S/C35H30N6O2/c42-32-18-9-7-16-26(32)30-22-28(24-12-3-1-4-13-24)38-34(40-30)36-20-11-21-37-35-39-29(25-14-5-2-6-15-25)23-31(41-35)27-17-8-10-19-33(27)43/h1-10,12-19,22-23,42-43H,11,20-21H2,(H,36,38,40)(H,37,39,41). The number of phenols is 2. The summed E-state index contributed by atoms with van der Waals surface area (Å²) in [5.41, 5.74) is 5.99. The predicted octanol–water partition coefficient (Wildman–Crippen LogP) is 7.26. The van der Waals surface area contributed by atoms with Crippen molar-refractivity contribution in [1.82, 2.24) is 19.9 Å². The summed E-state index contributed by atoms with van der Waals surface area (Å²) in [6.45, 7) is 1.19. The van der Waals surface area contributed by atoms with Crippen molar-refractivity contribution >= 4 is 11.9 Å². The zero-order valence-electron chi connectivity index (χ0n) is 23.4. The summed E-state index contributed by atoms with van der Waals surface area (Å²) in [6.07, 6.45) is 0.732. The molecule has 8 heteroatoms. The van der Waals surface area contributed by atoms with Crippen LogP contribution in [-0.4, -0.2) is 43.2 Å². The smallest absolute Gasteiger partial charge is 0.223 e. The van der Waals surface area contributed by atoms with Gasteiger partial charge in [0.25, 0.3) is 0 Å². The fourth-order valence-electron chi connectivity index (χ4n) is 4.71. The van der Waals surface area contributed by atoms with Gasteiger partial charge >= 0.3 is 0 Å². The lowest BCUT2D eigenvalue weighted by Gasteiger charge is -2.12. The quantitative estimate of drug-likeness (QED) is 0.128. The summed E-state index contributed by atoms with van der Waals surface area (Å²) in [5.74, 6) is 1.28. The van der Waals surface area contributed by atoms with E-state index in [-0.39, 0.29) is 11.5 Å². The molecule has 0 saturated carbocycles. The highest BCUT2D eigenvalue weighted by atomic mass is 16.3. The Bertz CT molecular complexity index is 1700. The Kier molecular flexibility index (Phi) is 8.18. The van der Waals surface area contributed by atoms with Crippen LogP contribution in [0.5, 0.6) is 11.5 Å². The molecule has 0 aliphatic rings. The summed E-state index contributed by atoms with van der Waals surface area (Å²) >= 11 is 0. The number of hydrogen-bond acceptors (Lipinski definition) is 8. The SMILES string of the molecule is Oc1ccccc1-c1cc(-c2ccccc2)nc(NCCCNc2nc(-c3ccccc3)cc(-c3ccccc3O)n2)n1. The summed E-state index contributed by atoms with van der Waals surface area (Å²) in [5, 5.41) is 27.6. The Balaban J connectivity index is 1.18. The van der Waals surface area contributed by atoms with Crippen molar-refractivity contribution in [3.63, 3.8) is 0 Å². The van der Waals surface area contributed by atoms with E-state index in [0.717, 1.165) is 28.9 Å². The number of nitrogens with one attached hydrogen (secondary N) is 2. The molecule has 8 nitrogen and oxygen atoms in total. The number of aromatic nitrogens is 4. The van der Waals surface area contributed by atoms with E-state index in [2.05, 4.69) is 10.6 Å². The summed E-state index contributed by atoms with van der Waals surface area (Å²) in [7, 11) is 0. The van der Waals surface area contributed by atoms with Gasteiger partial charge in [0.1, 0.15) is 11.5 Å². The molecule has 2 heterocycles. The van der Waals surface area contributed by atoms with Crippen molar-refractivity contribution in [3.8, 4) is 56.5 Å². The number of aromatic hydroxyl groups is 2. The van der Waals surface area contributed by atoms with Crippen molar-refractivity contribution < 1.29 is 10.2 Å². The molecule has 4 aromatic carbocycles. The number of anilines is 2. The molecular formula is C35H30N6O2. The van der Waals surface area contributed by atoms with E-state index in [9.17, 15) is 10.2 Å². The van der Waals surface area contributed by atoms with Crippen LogP contribution in [0, 0.1) is 0 Å². The van der Waals surface area contributed by atoms with Crippen LogP contribution in [0.15, 0.2) is 121 Å². The molecule has 0 spiro atoms. The second-order valence-electron chi connectivity index (χ2n) is 9.90. The molecule has 6 rings (SSSR count). The highest BCUT2D eigenvalue weighted by Gasteiger charge is 2.13. The van der Waals surface area contributed by atoms with Crippen LogP contribution >= 0.6 is 0 Å². The first-order valence-electron chi connectivity index (χ1n) is 14.1. The lowest BCUT2D eigenvalue weighted by Crippen LogP contribution is -2.13. The van der Waals surface area contributed by atoms with Crippen LogP contribution < -0.4 is 10.6 Å². The zero-order chi connectivity index (χ0) is 29.4. The minimum absolute atomic E-state index is 0.163. The Labute approximate surface area is 249 Å². The molecule has 0 unspecified atom stereocenters. The predicted molar refractivity (Wildman–Crippen MR) is 171 cm³/mol. The van der Waals surface area contributed by atoms with Gasteiger partial charge in [-0.15, -0.1) is 0 Å². The van der Waals surface area contributed by atoms with E-state index < -0.39 is 0 Å². The van der Waals surface area contributed by atoms with E-state index in [1.165, 1.54) is 0 Å². The second kappa shape index (κ2) is 12.8. The Morgan fingerprint density at radius 1 is 0.442 bits per heavy atom. The normalized spacial score (nSPS) is 10.8. The topological polar surface area (TPSA) is 116 Å². The molecule has 212 valence electrons. The zero-order valence-corrected chi connectivity index (χ0v) is 23.4. The molecule has 0 aliphatic carbocycles. The van der Waals surface area contributed by atoms with Crippen LogP contribution in [0.4, 0.5) is 11.9 Å². The number of hydrogen-bond donors (Lipinski definition) is 4. The number of benzene rings is 4. The van der Waals surface area contributed by atoms with E-state index in [4.69, 9.17) is 19.9 Å². The maximum absolute atomic E-state index is 10.5. The fraction of sp³-hybridized carbons (Fsp3) is 0.0857. The van der Waals surface area contributed by atoms with Crippen molar-refractivity contribution in [3.05, 3.63) is 121 Å². The van der Waals surface area contributed by atoms with E-state index >= 15 is 0 Å². The van der Waals surface area contributed by atoms with Gasteiger partial charge in [0.15, 0.2) is 0 Å². The van der Waals surface area contributed by atoms with Gasteiger partial charge < -0.3 is 20.8 Å². The van der Waals surface area contributed by atoms with Crippen LogP contribution in [0.3, 0.4) is 0 Å². The summed E-state index contributed by atoms with van der Waals surface area (Å²) < 4.78 is 0. The molecule has 0 aliphatic heterocycles. The van der Waals surface area contributed by atoms with Crippen molar-refractivity contribution in [2.75, 3.05) is 23.7 Å². The Morgan fingerprint density at radius 3 is 1.23 bits per heavy atom. The second-order valence-corrected chi connectivity index (χ2v) is 9.90. The number of nitrogens with zero attached hydrogens (tertiary/aromatic N) is 4. The minimum atomic E-state index is 0.163. The molecule has 0 amide bonds. The summed E-state index contributed by atoms with van der Waals surface area (Å²) in [6, 6.07) is 37.9. The van der Waals surface area contributed by atoms with Crippen molar-refractivity contribution in [2.45, 2.75) is 6.42 Å². The molecular weight excluding hydrogens is 536 g/mol. The van der Waals surface area contributed by atoms with Crippen LogP contribution in [0.2, 0.25) is 0 Å². The fourth-order valence-corrected chi connectivity index (χ4v) is 4.71. The molecule has 0 saturated heterocycles. The first-order valence-corrected chi connectivity index (χ1v) is 14.1. The average molecular weight is 567 g/mol. The maximum atomic E-state index is 10.5. The van der Waals surface area contributed by atoms with Gasteiger partial charge in [0.2, 0.25) is 11.9 Å². The third kappa shape index (κ3) is 6.60. The highest BCUT2D eigenvalue weighted by molar-refractivity contribution is 5.74. The van der Waals surface area contributed by atoms with Crippen LogP contribution in [0.25, 0.3) is 45.0 Å². The molecule has 43 heavy (non-hydrogen) atoms. The van der Waals surface area contributed by atoms with E-state index in [1.807, 2.05) is 97.1 Å². The third-order valence-electron chi connectivity index (χ3n) is 6.87. The van der Waals surface area contributed by atoms with Crippen molar-refractivity contribution in [1.29, 1.82) is 0 Å². The lowest BCUT2D eigenvalue weighted by atomic mass is 10.1. The molecule has 0 fully saturated rings. The molecule has 0 radical (unpaired) electrons. The number of rotatable bonds is 10. The first-order chi connectivity index (χ1) is 21.1. The monoisotopic (exact) mass is 566 g/mol. The van der Waals surface area contributed by atoms with Gasteiger partial charge in [-0.3, -0.25) is 0 Å². The van der Waals surface area contributed by atoms with Gasteiger partial charge in [-0.25, -0.2) is 19.9 Å². The van der Waals surface area contributed by atoms with Gasteiger partial charge in [0, 0.05) is 35.3 Å². The average Bonchev–Trinajstić information content (AvgIpc) is 3.05. The van der Waals surface area contributed by atoms with E-state index in [0.29, 0.717) is 47.5 Å². The molecule has 2 aromatic heterocycles.